The summed E-state index contributed by atoms with van der Waals surface area (Å²) < 4.78 is 5.38. The van der Waals surface area contributed by atoms with Gasteiger partial charge < -0.3 is 20.3 Å². The normalized spacial score (nSPS) is 30.8. The summed E-state index contributed by atoms with van der Waals surface area (Å²) in [6.45, 7) is 3.48. The van der Waals surface area contributed by atoms with Crippen molar-refractivity contribution in [1.82, 2.24) is 5.32 Å². The van der Waals surface area contributed by atoms with E-state index in [1.807, 2.05) is 6.92 Å². The van der Waals surface area contributed by atoms with Crippen molar-refractivity contribution >= 4 is 5.91 Å². The molecule has 0 aliphatic carbocycles. The fourth-order valence-electron chi connectivity index (χ4n) is 2.04. The Hall–Kier alpha value is -0.650. The van der Waals surface area contributed by atoms with Gasteiger partial charge in [0.1, 0.15) is 6.61 Å². The van der Waals surface area contributed by atoms with Crippen LogP contribution in [0, 0.1) is 5.92 Å². The van der Waals surface area contributed by atoms with Crippen LogP contribution in [0.4, 0.5) is 0 Å². The van der Waals surface area contributed by atoms with E-state index in [9.17, 15) is 9.90 Å². The predicted octanol–water partition coefficient (Wildman–Crippen LogP) is -0.731. The van der Waals surface area contributed by atoms with E-state index in [0.717, 1.165) is 6.42 Å². The molecule has 1 aliphatic rings. The molecule has 0 bridgehead atoms. The lowest BCUT2D eigenvalue weighted by molar-refractivity contribution is -0.145. The number of carbonyl (C=O) groups excluding carboxylic acids is 1. The Labute approximate surface area is 89.4 Å². The molecule has 3 N–H and O–H groups in total. The first-order valence-corrected chi connectivity index (χ1v) is 5.30. The number of aliphatic hydroxyl groups excluding tert-OH is 2. The first kappa shape index (κ1) is 12.4. The zero-order valence-electron chi connectivity index (χ0n) is 9.14. The van der Waals surface area contributed by atoms with Gasteiger partial charge in [0.15, 0.2) is 0 Å². The molecule has 0 aromatic carbocycles. The van der Waals surface area contributed by atoms with E-state index >= 15 is 0 Å². The van der Waals surface area contributed by atoms with Crippen LogP contribution in [0.25, 0.3) is 0 Å². The summed E-state index contributed by atoms with van der Waals surface area (Å²) in [6.07, 6.45) is -0.0731. The van der Waals surface area contributed by atoms with Crippen molar-refractivity contribution in [3.05, 3.63) is 0 Å². The molecule has 0 radical (unpaired) electrons. The first-order valence-electron chi connectivity index (χ1n) is 5.30. The highest BCUT2D eigenvalue weighted by Crippen LogP contribution is 2.21. The largest absolute Gasteiger partial charge is 0.394 e. The fourth-order valence-corrected chi connectivity index (χ4v) is 2.04. The van der Waals surface area contributed by atoms with Crippen LogP contribution in [0.15, 0.2) is 0 Å². The third kappa shape index (κ3) is 2.90. The minimum atomic E-state index is -0.510. The van der Waals surface area contributed by atoms with Gasteiger partial charge in [-0.25, -0.2) is 0 Å². The molecule has 15 heavy (non-hydrogen) atoms. The maximum Gasteiger partial charge on any atom is 0.246 e. The van der Waals surface area contributed by atoms with Crippen LogP contribution >= 0.6 is 0 Å². The summed E-state index contributed by atoms with van der Waals surface area (Å²) in [5.74, 6) is -0.284. The SMILES string of the molecule is CCC(C(C)O)C1OCC(=O)NC1CO. The Morgan fingerprint density at radius 1 is 1.67 bits per heavy atom. The van der Waals surface area contributed by atoms with Gasteiger partial charge in [0, 0.05) is 5.92 Å². The second-order valence-electron chi connectivity index (χ2n) is 3.94. The quantitative estimate of drug-likeness (QED) is 0.580. The summed E-state index contributed by atoms with van der Waals surface area (Å²) in [6, 6.07) is -0.411. The molecular formula is C10H19NO4. The Morgan fingerprint density at radius 2 is 2.33 bits per heavy atom. The maximum absolute atomic E-state index is 11.0. The van der Waals surface area contributed by atoms with Crippen LogP contribution in [0.2, 0.25) is 0 Å². The summed E-state index contributed by atoms with van der Waals surface area (Å²) >= 11 is 0. The van der Waals surface area contributed by atoms with E-state index in [4.69, 9.17) is 9.84 Å². The third-order valence-electron chi connectivity index (χ3n) is 2.86. The van der Waals surface area contributed by atoms with E-state index in [2.05, 4.69) is 5.32 Å². The topological polar surface area (TPSA) is 78.8 Å². The van der Waals surface area contributed by atoms with Crippen LogP contribution in [0.3, 0.4) is 0 Å². The molecule has 4 atom stereocenters. The van der Waals surface area contributed by atoms with Crippen molar-refractivity contribution in [3.63, 3.8) is 0 Å². The molecule has 0 aromatic heterocycles. The van der Waals surface area contributed by atoms with Gasteiger partial charge in [-0.05, 0) is 13.3 Å². The Balaban J connectivity index is 2.69. The molecule has 88 valence electrons. The highest BCUT2D eigenvalue weighted by molar-refractivity contribution is 5.78. The lowest BCUT2D eigenvalue weighted by atomic mass is 9.88. The number of rotatable bonds is 4. The van der Waals surface area contributed by atoms with Gasteiger partial charge in [-0.15, -0.1) is 0 Å². The molecule has 1 amide bonds. The van der Waals surface area contributed by atoms with Crippen molar-refractivity contribution in [2.24, 2.45) is 5.92 Å². The van der Waals surface area contributed by atoms with Crippen LogP contribution in [0.1, 0.15) is 20.3 Å². The number of carbonyl (C=O) groups is 1. The molecule has 0 aromatic rings. The van der Waals surface area contributed by atoms with Crippen molar-refractivity contribution in [2.45, 2.75) is 38.5 Å². The van der Waals surface area contributed by atoms with Gasteiger partial charge in [0.05, 0.1) is 24.9 Å². The Morgan fingerprint density at radius 3 is 2.80 bits per heavy atom. The molecule has 4 unspecified atom stereocenters. The molecule has 5 nitrogen and oxygen atoms in total. The smallest absolute Gasteiger partial charge is 0.246 e. The van der Waals surface area contributed by atoms with Gasteiger partial charge in [-0.3, -0.25) is 4.79 Å². The summed E-state index contributed by atoms with van der Waals surface area (Å²) in [7, 11) is 0. The van der Waals surface area contributed by atoms with Crippen molar-refractivity contribution in [3.8, 4) is 0 Å². The van der Waals surface area contributed by atoms with E-state index in [1.54, 1.807) is 6.92 Å². The van der Waals surface area contributed by atoms with Crippen molar-refractivity contribution in [1.29, 1.82) is 0 Å². The number of hydrogen-bond acceptors (Lipinski definition) is 4. The molecule has 1 heterocycles. The number of amides is 1. The first-order chi connectivity index (χ1) is 7.10. The average Bonchev–Trinajstić information content (AvgIpc) is 2.20. The summed E-state index contributed by atoms with van der Waals surface area (Å²) in [4.78, 5) is 11.0. The Kier molecular flexibility index (Phi) is 4.50. The van der Waals surface area contributed by atoms with Crippen molar-refractivity contribution < 1.29 is 19.7 Å². The molecular weight excluding hydrogens is 198 g/mol. The van der Waals surface area contributed by atoms with Gasteiger partial charge >= 0.3 is 0 Å². The standard InChI is InChI=1S/C10H19NO4/c1-3-7(6(2)13)10-8(4-12)11-9(14)5-15-10/h6-8,10,12-13H,3-5H2,1-2H3,(H,11,14). The minimum Gasteiger partial charge on any atom is -0.394 e. The lowest BCUT2D eigenvalue weighted by Crippen LogP contribution is -2.57. The summed E-state index contributed by atoms with van der Waals surface area (Å²) in [5.41, 5.74) is 0. The monoisotopic (exact) mass is 217 g/mol. The second-order valence-corrected chi connectivity index (χ2v) is 3.94. The number of nitrogens with one attached hydrogen (secondary N) is 1. The molecule has 1 rings (SSSR count). The predicted molar refractivity (Wildman–Crippen MR) is 54.2 cm³/mol. The maximum atomic E-state index is 11.0. The van der Waals surface area contributed by atoms with Crippen LogP contribution < -0.4 is 5.32 Å². The number of ether oxygens (including phenoxy) is 1. The molecule has 0 saturated carbocycles. The highest BCUT2D eigenvalue weighted by atomic mass is 16.5. The van der Waals surface area contributed by atoms with E-state index in [1.165, 1.54) is 0 Å². The molecule has 1 fully saturated rings. The van der Waals surface area contributed by atoms with Crippen molar-refractivity contribution in [2.75, 3.05) is 13.2 Å². The van der Waals surface area contributed by atoms with Crippen LogP contribution in [-0.2, 0) is 9.53 Å². The molecule has 1 aliphatic heterocycles. The van der Waals surface area contributed by atoms with E-state index in [-0.39, 0.29) is 31.1 Å². The van der Waals surface area contributed by atoms with E-state index < -0.39 is 12.1 Å². The number of morpholine rings is 1. The zero-order valence-corrected chi connectivity index (χ0v) is 9.14. The van der Waals surface area contributed by atoms with E-state index in [0.29, 0.717) is 0 Å². The second kappa shape index (κ2) is 5.44. The number of hydrogen-bond donors (Lipinski definition) is 3. The van der Waals surface area contributed by atoms with Crippen LogP contribution in [-0.4, -0.2) is 47.6 Å². The van der Waals surface area contributed by atoms with Gasteiger partial charge in [0.25, 0.3) is 0 Å². The fraction of sp³-hybridized carbons (Fsp3) is 0.900. The third-order valence-corrected chi connectivity index (χ3v) is 2.86. The highest BCUT2D eigenvalue weighted by Gasteiger charge is 2.36. The average molecular weight is 217 g/mol. The minimum absolute atomic E-state index is 0.00435. The molecule has 0 spiro atoms. The molecule has 5 heteroatoms. The summed E-state index contributed by atoms with van der Waals surface area (Å²) in [5, 5.41) is 21.4. The number of aliphatic hydroxyl groups is 2. The van der Waals surface area contributed by atoms with Gasteiger partial charge in [-0.1, -0.05) is 6.92 Å². The van der Waals surface area contributed by atoms with Gasteiger partial charge in [0.2, 0.25) is 5.91 Å². The Bertz CT molecular complexity index is 219. The lowest BCUT2D eigenvalue weighted by Gasteiger charge is -2.37. The van der Waals surface area contributed by atoms with Crippen LogP contribution in [0.5, 0.6) is 0 Å². The zero-order chi connectivity index (χ0) is 11.4. The van der Waals surface area contributed by atoms with Gasteiger partial charge in [-0.2, -0.15) is 0 Å². The molecule has 1 saturated heterocycles.